The quantitative estimate of drug-likeness (QED) is 0.626. The fraction of sp³-hybridized carbons (Fsp3) is 0.300. The Kier molecular flexibility index (Phi) is 3.12. The fourth-order valence-corrected chi connectivity index (χ4v) is 2.05. The summed E-state index contributed by atoms with van der Waals surface area (Å²) >= 11 is 1.52. The van der Waals surface area contributed by atoms with E-state index >= 15 is 0 Å². The van der Waals surface area contributed by atoms with Crippen LogP contribution in [0.5, 0.6) is 0 Å². The zero-order valence-electron chi connectivity index (χ0n) is 9.19. The lowest BCUT2D eigenvalue weighted by atomic mass is 10.2. The second kappa shape index (κ2) is 4.54. The first-order valence-corrected chi connectivity index (χ1v) is 5.88. The monoisotopic (exact) mass is 235 g/mol. The summed E-state index contributed by atoms with van der Waals surface area (Å²) in [6, 6.07) is 0. The fourth-order valence-electron chi connectivity index (χ4n) is 1.48. The average molecular weight is 235 g/mol. The van der Waals surface area contributed by atoms with E-state index in [9.17, 15) is 0 Å². The number of hydrogen-bond acceptors (Lipinski definition) is 6. The van der Waals surface area contributed by atoms with Gasteiger partial charge in [0.2, 0.25) is 0 Å². The van der Waals surface area contributed by atoms with Crippen LogP contribution in [0.25, 0.3) is 10.8 Å². The zero-order valence-corrected chi connectivity index (χ0v) is 10.0. The SMILES string of the molecule is CCc1nc(-c2nccs2)nc(NN)c1C. The minimum Gasteiger partial charge on any atom is -0.308 e. The van der Waals surface area contributed by atoms with Crippen LogP contribution < -0.4 is 11.3 Å². The molecule has 0 radical (unpaired) electrons. The summed E-state index contributed by atoms with van der Waals surface area (Å²) < 4.78 is 0. The van der Waals surface area contributed by atoms with E-state index < -0.39 is 0 Å². The first-order chi connectivity index (χ1) is 7.76. The number of aromatic nitrogens is 3. The van der Waals surface area contributed by atoms with Crippen LogP contribution in [0, 0.1) is 6.92 Å². The third kappa shape index (κ3) is 1.89. The Labute approximate surface area is 97.7 Å². The first kappa shape index (κ1) is 11.0. The molecule has 84 valence electrons. The second-order valence-corrected chi connectivity index (χ2v) is 4.20. The highest BCUT2D eigenvalue weighted by Crippen LogP contribution is 2.23. The molecule has 16 heavy (non-hydrogen) atoms. The number of nitrogens with two attached hydrogens (primary N) is 1. The molecule has 0 aliphatic carbocycles. The number of nitrogens with zero attached hydrogens (tertiary/aromatic N) is 3. The van der Waals surface area contributed by atoms with Crippen molar-refractivity contribution in [2.24, 2.45) is 5.84 Å². The molecule has 0 spiro atoms. The van der Waals surface area contributed by atoms with E-state index in [-0.39, 0.29) is 0 Å². The van der Waals surface area contributed by atoms with Crippen LogP contribution in [0.4, 0.5) is 5.82 Å². The molecule has 0 amide bonds. The van der Waals surface area contributed by atoms with Crippen LogP contribution in [0.15, 0.2) is 11.6 Å². The van der Waals surface area contributed by atoms with Crippen LogP contribution in [0.1, 0.15) is 18.2 Å². The molecule has 6 heteroatoms. The molecule has 0 aliphatic heterocycles. The van der Waals surface area contributed by atoms with Gasteiger partial charge in [-0.3, -0.25) is 0 Å². The van der Waals surface area contributed by atoms with Crippen molar-refractivity contribution in [1.82, 2.24) is 15.0 Å². The Hall–Kier alpha value is -1.53. The smallest absolute Gasteiger partial charge is 0.190 e. The van der Waals surface area contributed by atoms with Crippen molar-refractivity contribution in [2.75, 3.05) is 5.43 Å². The van der Waals surface area contributed by atoms with E-state index in [1.54, 1.807) is 6.20 Å². The maximum absolute atomic E-state index is 5.44. The summed E-state index contributed by atoms with van der Waals surface area (Å²) in [7, 11) is 0. The summed E-state index contributed by atoms with van der Waals surface area (Å²) in [5.41, 5.74) is 4.58. The Morgan fingerprint density at radius 3 is 2.81 bits per heavy atom. The zero-order chi connectivity index (χ0) is 11.5. The van der Waals surface area contributed by atoms with Gasteiger partial charge in [0, 0.05) is 22.8 Å². The number of nitrogen functional groups attached to an aromatic ring is 1. The summed E-state index contributed by atoms with van der Waals surface area (Å²) in [5.74, 6) is 6.73. The number of hydrogen-bond donors (Lipinski definition) is 2. The van der Waals surface area contributed by atoms with Gasteiger partial charge in [-0.2, -0.15) is 0 Å². The molecule has 0 saturated carbocycles. The van der Waals surface area contributed by atoms with E-state index in [1.165, 1.54) is 11.3 Å². The van der Waals surface area contributed by atoms with Crippen molar-refractivity contribution in [1.29, 1.82) is 0 Å². The Morgan fingerprint density at radius 2 is 2.25 bits per heavy atom. The predicted octanol–water partition coefficient (Wildman–Crippen LogP) is 1.76. The van der Waals surface area contributed by atoms with E-state index in [1.807, 2.05) is 12.3 Å². The van der Waals surface area contributed by atoms with Gasteiger partial charge in [0.05, 0.1) is 0 Å². The van der Waals surface area contributed by atoms with Crippen LogP contribution in [0.3, 0.4) is 0 Å². The van der Waals surface area contributed by atoms with Gasteiger partial charge in [0.25, 0.3) is 0 Å². The number of hydrazine groups is 1. The molecule has 3 N–H and O–H groups in total. The largest absolute Gasteiger partial charge is 0.308 e. The van der Waals surface area contributed by atoms with Crippen LogP contribution >= 0.6 is 11.3 Å². The van der Waals surface area contributed by atoms with Crippen LogP contribution in [0.2, 0.25) is 0 Å². The normalized spacial score (nSPS) is 10.4. The van der Waals surface area contributed by atoms with Crippen LogP contribution in [-0.2, 0) is 6.42 Å². The Balaban J connectivity index is 2.56. The van der Waals surface area contributed by atoms with Gasteiger partial charge < -0.3 is 5.43 Å². The van der Waals surface area contributed by atoms with Crippen molar-refractivity contribution in [3.8, 4) is 10.8 Å². The highest BCUT2D eigenvalue weighted by Gasteiger charge is 2.11. The lowest BCUT2D eigenvalue weighted by Crippen LogP contribution is -2.13. The lowest BCUT2D eigenvalue weighted by molar-refractivity contribution is 0.971. The van der Waals surface area contributed by atoms with Crippen molar-refractivity contribution in [3.05, 3.63) is 22.8 Å². The Bertz CT molecular complexity index is 455. The topological polar surface area (TPSA) is 76.7 Å². The van der Waals surface area contributed by atoms with Gasteiger partial charge in [-0.15, -0.1) is 11.3 Å². The molecule has 2 rings (SSSR count). The van der Waals surface area contributed by atoms with Gasteiger partial charge in [-0.05, 0) is 13.3 Å². The van der Waals surface area contributed by atoms with E-state index in [0.717, 1.165) is 22.7 Å². The maximum atomic E-state index is 5.44. The van der Waals surface area contributed by atoms with Gasteiger partial charge in [-0.1, -0.05) is 6.92 Å². The van der Waals surface area contributed by atoms with Gasteiger partial charge in [-0.25, -0.2) is 20.8 Å². The molecular formula is C10H13N5S. The molecule has 2 aromatic rings. The number of anilines is 1. The van der Waals surface area contributed by atoms with Gasteiger partial charge in [0.1, 0.15) is 5.82 Å². The third-order valence-electron chi connectivity index (χ3n) is 2.34. The molecular weight excluding hydrogens is 222 g/mol. The first-order valence-electron chi connectivity index (χ1n) is 5.00. The molecule has 2 aromatic heterocycles. The summed E-state index contributed by atoms with van der Waals surface area (Å²) in [6.07, 6.45) is 2.59. The van der Waals surface area contributed by atoms with Gasteiger partial charge in [0.15, 0.2) is 10.8 Å². The summed E-state index contributed by atoms with van der Waals surface area (Å²) in [6.45, 7) is 4.01. The standard InChI is InChI=1S/C10H13N5S/c1-3-7-6(2)8(15-11)14-9(13-7)10-12-4-5-16-10/h4-5H,3,11H2,1-2H3,(H,13,14,15). The molecule has 2 heterocycles. The molecule has 0 aromatic carbocycles. The molecule has 5 nitrogen and oxygen atoms in total. The molecule has 0 aliphatic rings. The molecule has 0 bridgehead atoms. The van der Waals surface area contributed by atoms with Crippen molar-refractivity contribution < 1.29 is 0 Å². The Morgan fingerprint density at radius 1 is 1.44 bits per heavy atom. The number of rotatable bonds is 3. The summed E-state index contributed by atoms with van der Waals surface area (Å²) in [4.78, 5) is 13.0. The van der Waals surface area contributed by atoms with Crippen molar-refractivity contribution >= 4 is 17.2 Å². The molecule has 0 unspecified atom stereocenters. The highest BCUT2D eigenvalue weighted by atomic mass is 32.1. The van der Waals surface area contributed by atoms with Crippen molar-refractivity contribution in [2.45, 2.75) is 20.3 Å². The minimum absolute atomic E-state index is 0.630. The molecule has 0 fully saturated rings. The predicted molar refractivity (Wildman–Crippen MR) is 65.1 cm³/mol. The maximum Gasteiger partial charge on any atom is 0.190 e. The lowest BCUT2D eigenvalue weighted by Gasteiger charge is -2.09. The number of aryl methyl sites for hydroxylation is 1. The second-order valence-electron chi connectivity index (χ2n) is 3.30. The summed E-state index contributed by atoms with van der Waals surface area (Å²) in [5, 5.41) is 2.71. The third-order valence-corrected chi connectivity index (χ3v) is 3.11. The molecule has 0 atom stereocenters. The average Bonchev–Trinajstić information content (AvgIpc) is 2.83. The van der Waals surface area contributed by atoms with E-state index in [4.69, 9.17) is 5.84 Å². The van der Waals surface area contributed by atoms with Gasteiger partial charge >= 0.3 is 0 Å². The van der Waals surface area contributed by atoms with E-state index in [0.29, 0.717) is 11.6 Å². The molecule has 0 saturated heterocycles. The van der Waals surface area contributed by atoms with E-state index in [2.05, 4.69) is 27.3 Å². The van der Waals surface area contributed by atoms with Crippen LogP contribution in [-0.4, -0.2) is 15.0 Å². The number of thiazole rings is 1. The number of nitrogens with one attached hydrogen (secondary N) is 1. The minimum atomic E-state index is 0.630. The highest BCUT2D eigenvalue weighted by molar-refractivity contribution is 7.13. The van der Waals surface area contributed by atoms with Crippen molar-refractivity contribution in [3.63, 3.8) is 0 Å².